The maximum atomic E-state index is 11.9. The minimum Gasteiger partial charge on any atom is -0.497 e. The van der Waals surface area contributed by atoms with Gasteiger partial charge in [0.25, 0.3) is 5.79 Å². The highest BCUT2D eigenvalue weighted by molar-refractivity contribution is 9.10. The SMILES string of the molecule is COc1ccc(Br)c(C=C2C(=O)OC(C)(C)OC2=O)c1. The third-order valence-corrected chi connectivity index (χ3v) is 3.34. The first-order valence-electron chi connectivity index (χ1n) is 5.84. The molecule has 1 fully saturated rings. The van der Waals surface area contributed by atoms with E-state index in [1.807, 2.05) is 0 Å². The van der Waals surface area contributed by atoms with Gasteiger partial charge < -0.3 is 14.2 Å². The summed E-state index contributed by atoms with van der Waals surface area (Å²) in [5, 5.41) is 0. The van der Waals surface area contributed by atoms with Crippen LogP contribution >= 0.6 is 15.9 Å². The predicted molar refractivity (Wildman–Crippen MR) is 74.9 cm³/mol. The first-order valence-corrected chi connectivity index (χ1v) is 6.63. The van der Waals surface area contributed by atoms with E-state index in [9.17, 15) is 9.59 Å². The molecular weight excluding hydrogens is 328 g/mol. The number of esters is 2. The van der Waals surface area contributed by atoms with Crippen molar-refractivity contribution in [1.82, 2.24) is 0 Å². The highest BCUT2D eigenvalue weighted by atomic mass is 79.9. The van der Waals surface area contributed by atoms with Crippen LogP contribution in [0.1, 0.15) is 19.4 Å². The molecule has 1 aliphatic heterocycles. The Bertz CT molecular complexity index is 582. The van der Waals surface area contributed by atoms with Crippen LogP contribution in [0.4, 0.5) is 0 Å². The summed E-state index contributed by atoms with van der Waals surface area (Å²) in [5.74, 6) is -2.04. The fraction of sp³-hybridized carbons (Fsp3) is 0.286. The molecular formula is C14H13BrO5. The molecule has 0 bridgehead atoms. The van der Waals surface area contributed by atoms with Crippen LogP contribution in [0.3, 0.4) is 0 Å². The van der Waals surface area contributed by atoms with Crippen LogP contribution in [0, 0.1) is 0 Å². The molecule has 0 N–H and O–H groups in total. The normalized spacial score (nSPS) is 17.3. The van der Waals surface area contributed by atoms with E-state index in [1.54, 1.807) is 18.2 Å². The van der Waals surface area contributed by atoms with Gasteiger partial charge in [0, 0.05) is 18.3 Å². The second-order valence-corrected chi connectivity index (χ2v) is 5.48. The number of halogens is 1. The van der Waals surface area contributed by atoms with Gasteiger partial charge in [-0.25, -0.2) is 9.59 Å². The van der Waals surface area contributed by atoms with Crippen LogP contribution in [0.25, 0.3) is 6.08 Å². The van der Waals surface area contributed by atoms with Gasteiger partial charge in [-0.15, -0.1) is 0 Å². The number of benzene rings is 1. The van der Waals surface area contributed by atoms with Crippen LogP contribution < -0.4 is 4.74 Å². The lowest BCUT2D eigenvalue weighted by molar-refractivity contribution is -0.222. The van der Waals surface area contributed by atoms with Crippen molar-refractivity contribution in [1.29, 1.82) is 0 Å². The molecule has 0 amide bonds. The maximum absolute atomic E-state index is 11.9. The van der Waals surface area contributed by atoms with Gasteiger partial charge in [0.2, 0.25) is 0 Å². The van der Waals surface area contributed by atoms with Crippen molar-refractivity contribution in [3.05, 3.63) is 33.8 Å². The molecule has 1 aliphatic rings. The van der Waals surface area contributed by atoms with Crippen molar-refractivity contribution in [2.75, 3.05) is 7.11 Å². The fourth-order valence-electron chi connectivity index (χ4n) is 1.69. The first kappa shape index (κ1) is 14.6. The molecule has 0 radical (unpaired) electrons. The lowest BCUT2D eigenvalue weighted by Gasteiger charge is -2.29. The van der Waals surface area contributed by atoms with Gasteiger partial charge in [-0.2, -0.15) is 0 Å². The standard InChI is InChI=1S/C14H13BrO5/c1-14(2)19-12(16)10(13(17)20-14)7-8-6-9(18-3)4-5-11(8)15/h4-7H,1-3H3. The van der Waals surface area contributed by atoms with E-state index in [-0.39, 0.29) is 5.57 Å². The summed E-state index contributed by atoms with van der Waals surface area (Å²) in [4.78, 5) is 23.7. The number of carbonyl (C=O) groups is 2. The second kappa shape index (κ2) is 5.28. The van der Waals surface area contributed by atoms with E-state index in [0.29, 0.717) is 11.3 Å². The third-order valence-electron chi connectivity index (χ3n) is 2.62. The van der Waals surface area contributed by atoms with Crippen molar-refractivity contribution in [2.24, 2.45) is 0 Å². The summed E-state index contributed by atoms with van der Waals surface area (Å²) >= 11 is 3.34. The van der Waals surface area contributed by atoms with E-state index in [4.69, 9.17) is 14.2 Å². The summed E-state index contributed by atoms with van der Waals surface area (Å²) < 4.78 is 15.9. The van der Waals surface area contributed by atoms with Gasteiger partial charge in [-0.05, 0) is 29.8 Å². The Labute approximate surface area is 124 Å². The number of cyclic esters (lactones) is 2. The summed E-state index contributed by atoms with van der Waals surface area (Å²) in [5.41, 5.74) is 0.464. The lowest BCUT2D eigenvalue weighted by atomic mass is 10.1. The van der Waals surface area contributed by atoms with Gasteiger partial charge in [-0.1, -0.05) is 15.9 Å². The molecule has 0 unspecified atom stereocenters. The van der Waals surface area contributed by atoms with Crippen LogP contribution in [0.2, 0.25) is 0 Å². The molecule has 1 aromatic rings. The van der Waals surface area contributed by atoms with E-state index in [2.05, 4.69) is 15.9 Å². The molecule has 20 heavy (non-hydrogen) atoms. The Hall–Kier alpha value is -1.82. The number of hydrogen-bond donors (Lipinski definition) is 0. The summed E-state index contributed by atoms with van der Waals surface area (Å²) in [6.07, 6.45) is 1.41. The van der Waals surface area contributed by atoms with E-state index < -0.39 is 17.7 Å². The molecule has 0 saturated carbocycles. The largest absolute Gasteiger partial charge is 0.497 e. The zero-order valence-corrected chi connectivity index (χ0v) is 12.8. The molecule has 0 aromatic heterocycles. The first-order chi connectivity index (χ1) is 9.32. The minimum absolute atomic E-state index is 0.154. The fourth-order valence-corrected chi connectivity index (χ4v) is 2.05. The molecule has 106 valence electrons. The average molecular weight is 341 g/mol. The molecule has 0 aliphatic carbocycles. The Kier molecular flexibility index (Phi) is 3.85. The molecule has 0 atom stereocenters. The van der Waals surface area contributed by atoms with Gasteiger partial charge in [-0.3, -0.25) is 0 Å². The highest BCUT2D eigenvalue weighted by Gasteiger charge is 2.38. The Morgan fingerprint density at radius 2 is 1.80 bits per heavy atom. The number of ether oxygens (including phenoxy) is 3. The Balaban J connectivity index is 2.40. The molecule has 1 aromatic carbocycles. The third kappa shape index (κ3) is 3.01. The Morgan fingerprint density at radius 1 is 1.20 bits per heavy atom. The van der Waals surface area contributed by atoms with E-state index >= 15 is 0 Å². The summed E-state index contributed by atoms with van der Waals surface area (Å²) in [7, 11) is 1.53. The average Bonchev–Trinajstić information content (AvgIpc) is 2.34. The van der Waals surface area contributed by atoms with E-state index in [1.165, 1.54) is 27.0 Å². The predicted octanol–water partition coefficient (Wildman–Crippen LogP) is 2.68. The van der Waals surface area contributed by atoms with Gasteiger partial charge in [0.1, 0.15) is 11.3 Å². The second-order valence-electron chi connectivity index (χ2n) is 4.62. The van der Waals surface area contributed by atoms with Crippen molar-refractivity contribution < 1.29 is 23.8 Å². The molecule has 6 heteroatoms. The number of rotatable bonds is 2. The van der Waals surface area contributed by atoms with Crippen LogP contribution in [0.15, 0.2) is 28.2 Å². The summed E-state index contributed by atoms with van der Waals surface area (Å²) in [6, 6.07) is 5.21. The zero-order valence-electron chi connectivity index (χ0n) is 11.2. The topological polar surface area (TPSA) is 61.8 Å². The summed E-state index contributed by atoms with van der Waals surface area (Å²) in [6.45, 7) is 3.00. The van der Waals surface area contributed by atoms with Crippen LogP contribution in [-0.2, 0) is 19.1 Å². The molecule has 1 saturated heterocycles. The molecule has 0 spiro atoms. The van der Waals surface area contributed by atoms with Crippen molar-refractivity contribution in [3.8, 4) is 5.75 Å². The smallest absolute Gasteiger partial charge is 0.348 e. The number of carbonyl (C=O) groups excluding carboxylic acids is 2. The van der Waals surface area contributed by atoms with Crippen LogP contribution in [-0.4, -0.2) is 24.8 Å². The highest BCUT2D eigenvalue weighted by Crippen LogP contribution is 2.28. The minimum atomic E-state index is -1.24. The molecule has 1 heterocycles. The number of methoxy groups -OCH3 is 1. The zero-order chi connectivity index (χ0) is 14.9. The maximum Gasteiger partial charge on any atom is 0.348 e. The molecule has 5 nitrogen and oxygen atoms in total. The number of hydrogen-bond acceptors (Lipinski definition) is 5. The van der Waals surface area contributed by atoms with Gasteiger partial charge in [0.05, 0.1) is 7.11 Å². The monoisotopic (exact) mass is 340 g/mol. The van der Waals surface area contributed by atoms with E-state index in [0.717, 1.165) is 4.47 Å². The Morgan fingerprint density at radius 3 is 2.35 bits per heavy atom. The van der Waals surface area contributed by atoms with Gasteiger partial charge >= 0.3 is 11.9 Å². The van der Waals surface area contributed by atoms with Crippen LogP contribution in [0.5, 0.6) is 5.75 Å². The lowest BCUT2D eigenvalue weighted by Crippen LogP contribution is -2.41. The van der Waals surface area contributed by atoms with Crippen molar-refractivity contribution >= 4 is 33.9 Å². The van der Waals surface area contributed by atoms with Gasteiger partial charge in [0.15, 0.2) is 0 Å². The van der Waals surface area contributed by atoms with Crippen molar-refractivity contribution in [3.63, 3.8) is 0 Å². The van der Waals surface area contributed by atoms with Crippen molar-refractivity contribution in [2.45, 2.75) is 19.6 Å². The quantitative estimate of drug-likeness (QED) is 0.470. The molecule has 2 rings (SSSR count).